The number of hydrogen-bond acceptors (Lipinski definition) is 3. The number of carbonyl (C=O) groups excluding carboxylic acids is 1. The highest BCUT2D eigenvalue weighted by Gasteiger charge is 2.25. The van der Waals surface area contributed by atoms with E-state index in [9.17, 15) is 9.18 Å². The van der Waals surface area contributed by atoms with E-state index in [-0.39, 0.29) is 30.2 Å². The van der Waals surface area contributed by atoms with Crippen molar-refractivity contribution in [3.63, 3.8) is 0 Å². The van der Waals surface area contributed by atoms with E-state index in [0.717, 1.165) is 41.9 Å². The third kappa shape index (κ3) is 4.53. The molecule has 3 rings (SSSR count). The maximum Gasteiger partial charge on any atom is 0.242 e. The Balaban J connectivity index is 0.00000261. The fourth-order valence-corrected chi connectivity index (χ4v) is 3.73. The minimum Gasteiger partial charge on any atom is -0.398 e. The van der Waals surface area contributed by atoms with E-state index in [1.54, 1.807) is 12.1 Å². The number of likely N-dealkylation sites (N-methyl/N-ethyl adjacent to an activating group) is 1. The van der Waals surface area contributed by atoms with Gasteiger partial charge in [0.1, 0.15) is 5.82 Å². The van der Waals surface area contributed by atoms with Gasteiger partial charge in [-0.1, -0.05) is 18.2 Å². The van der Waals surface area contributed by atoms with Gasteiger partial charge in [-0.15, -0.1) is 12.4 Å². The van der Waals surface area contributed by atoms with Crippen LogP contribution in [0, 0.1) is 5.82 Å². The highest BCUT2D eigenvalue weighted by atomic mass is 35.5. The molecule has 0 saturated carbocycles. The summed E-state index contributed by atoms with van der Waals surface area (Å²) in [5.74, 6) is -0.197. The zero-order valence-electron chi connectivity index (χ0n) is 15.8. The molecule has 2 aromatic carbocycles. The fourth-order valence-electron chi connectivity index (χ4n) is 3.73. The number of nitrogen functional groups attached to an aromatic ring is 1. The average Bonchev–Trinajstić information content (AvgIpc) is 2.63. The lowest BCUT2D eigenvalue weighted by Gasteiger charge is -2.35. The number of anilines is 2. The summed E-state index contributed by atoms with van der Waals surface area (Å²) in [5, 5.41) is 0. The summed E-state index contributed by atoms with van der Waals surface area (Å²) in [4.78, 5) is 17.0. The van der Waals surface area contributed by atoms with Crippen molar-refractivity contribution in [3.8, 4) is 0 Å². The summed E-state index contributed by atoms with van der Waals surface area (Å²) in [6.45, 7) is 5.74. The van der Waals surface area contributed by atoms with Crippen molar-refractivity contribution in [2.24, 2.45) is 0 Å². The number of benzene rings is 2. The molecule has 0 fully saturated rings. The monoisotopic (exact) mass is 391 g/mol. The quantitative estimate of drug-likeness (QED) is 0.777. The van der Waals surface area contributed by atoms with Crippen LogP contribution < -0.4 is 10.6 Å². The van der Waals surface area contributed by atoms with Crippen LogP contribution in [0.25, 0.3) is 0 Å². The first-order valence-electron chi connectivity index (χ1n) is 9.18. The third-order valence-electron chi connectivity index (χ3n) is 5.19. The molecule has 1 atom stereocenters. The van der Waals surface area contributed by atoms with E-state index in [1.165, 1.54) is 12.1 Å². The van der Waals surface area contributed by atoms with Crippen molar-refractivity contribution in [2.75, 3.05) is 30.3 Å². The molecule has 1 aliphatic rings. The normalized spacial score (nSPS) is 14.1. The number of nitrogens with two attached hydrogens (primary N) is 1. The maximum atomic E-state index is 13.2. The predicted octanol–water partition coefficient (Wildman–Crippen LogP) is 4.19. The SMILES string of the molecule is CCN(C(=O)CN1CCCc2c(N)cccc21)C(C)c1ccc(F)cc1.Cl. The van der Waals surface area contributed by atoms with Gasteiger partial charge in [-0.2, -0.15) is 0 Å². The molecule has 1 unspecified atom stereocenters. The topological polar surface area (TPSA) is 49.6 Å². The smallest absolute Gasteiger partial charge is 0.242 e. The zero-order valence-corrected chi connectivity index (χ0v) is 16.6. The molecule has 0 spiro atoms. The van der Waals surface area contributed by atoms with Crippen LogP contribution in [0.15, 0.2) is 42.5 Å². The van der Waals surface area contributed by atoms with Crippen molar-refractivity contribution in [2.45, 2.75) is 32.7 Å². The molecule has 2 aromatic rings. The van der Waals surface area contributed by atoms with Crippen LogP contribution in [0.2, 0.25) is 0 Å². The average molecular weight is 392 g/mol. The number of hydrogen-bond donors (Lipinski definition) is 1. The molecule has 4 nitrogen and oxygen atoms in total. The van der Waals surface area contributed by atoms with Crippen molar-refractivity contribution in [3.05, 3.63) is 59.4 Å². The molecule has 0 radical (unpaired) electrons. The second-order valence-corrected chi connectivity index (χ2v) is 6.78. The second-order valence-electron chi connectivity index (χ2n) is 6.78. The largest absolute Gasteiger partial charge is 0.398 e. The van der Waals surface area contributed by atoms with Crippen molar-refractivity contribution in [1.29, 1.82) is 0 Å². The van der Waals surface area contributed by atoms with E-state index in [1.807, 2.05) is 36.9 Å². The lowest BCUT2D eigenvalue weighted by atomic mass is 10.00. The molecule has 146 valence electrons. The Morgan fingerprint density at radius 3 is 2.63 bits per heavy atom. The van der Waals surface area contributed by atoms with E-state index < -0.39 is 0 Å². The summed E-state index contributed by atoms with van der Waals surface area (Å²) in [6, 6.07) is 12.2. The minimum atomic E-state index is -0.266. The number of rotatable bonds is 5. The fraction of sp³-hybridized carbons (Fsp3) is 0.381. The van der Waals surface area contributed by atoms with Crippen LogP contribution >= 0.6 is 12.4 Å². The molecular formula is C21H27ClFN3O. The molecule has 1 heterocycles. The van der Waals surface area contributed by atoms with Crippen LogP contribution in [0.1, 0.15) is 37.4 Å². The molecule has 0 saturated heterocycles. The van der Waals surface area contributed by atoms with Crippen LogP contribution in [0.3, 0.4) is 0 Å². The number of nitrogens with zero attached hydrogens (tertiary/aromatic N) is 2. The van der Waals surface area contributed by atoms with Gasteiger partial charge in [-0.3, -0.25) is 4.79 Å². The van der Waals surface area contributed by atoms with Crippen molar-refractivity contribution >= 4 is 29.7 Å². The molecule has 27 heavy (non-hydrogen) atoms. The lowest BCUT2D eigenvalue weighted by Crippen LogP contribution is -2.43. The van der Waals surface area contributed by atoms with Gasteiger partial charge in [-0.05, 0) is 62.1 Å². The number of halogens is 2. The Morgan fingerprint density at radius 1 is 1.26 bits per heavy atom. The summed E-state index contributed by atoms with van der Waals surface area (Å²) < 4.78 is 13.2. The van der Waals surface area contributed by atoms with Gasteiger partial charge in [0.25, 0.3) is 0 Å². The van der Waals surface area contributed by atoms with Gasteiger partial charge < -0.3 is 15.5 Å². The van der Waals surface area contributed by atoms with Crippen LogP contribution in [0.4, 0.5) is 15.8 Å². The predicted molar refractivity (Wildman–Crippen MR) is 111 cm³/mol. The molecule has 1 aliphatic heterocycles. The summed E-state index contributed by atoms with van der Waals surface area (Å²) in [6.07, 6.45) is 1.95. The van der Waals surface area contributed by atoms with Crippen LogP contribution in [-0.2, 0) is 11.2 Å². The minimum absolute atomic E-state index is 0. The Kier molecular flexibility index (Phi) is 7.08. The van der Waals surface area contributed by atoms with Crippen molar-refractivity contribution in [1.82, 2.24) is 4.90 Å². The molecule has 6 heteroatoms. The Labute approximate surface area is 166 Å². The van der Waals surface area contributed by atoms with E-state index >= 15 is 0 Å². The molecule has 0 aromatic heterocycles. The standard InChI is InChI=1S/C21H26FN3O.ClH/c1-3-25(15(2)16-9-11-17(22)12-10-16)21(26)14-24-13-5-6-18-19(23)7-4-8-20(18)24;/h4,7-12,15H,3,5-6,13-14,23H2,1-2H3;1H. The van der Waals surface area contributed by atoms with E-state index in [2.05, 4.69) is 4.90 Å². The lowest BCUT2D eigenvalue weighted by molar-refractivity contribution is -0.131. The van der Waals surface area contributed by atoms with Crippen LogP contribution in [0.5, 0.6) is 0 Å². The van der Waals surface area contributed by atoms with Gasteiger partial charge in [0, 0.05) is 24.5 Å². The van der Waals surface area contributed by atoms with E-state index in [0.29, 0.717) is 13.1 Å². The van der Waals surface area contributed by atoms with Gasteiger partial charge in [0.15, 0.2) is 0 Å². The molecule has 0 aliphatic carbocycles. The number of amides is 1. The summed E-state index contributed by atoms with van der Waals surface area (Å²) >= 11 is 0. The number of carbonyl (C=O) groups is 1. The summed E-state index contributed by atoms with van der Waals surface area (Å²) in [7, 11) is 0. The highest BCUT2D eigenvalue weighted by Crippen LogP contribution is 2.31. The van der Waals surface area contributed by atoms with Gasteiger partial charge in [-0.25, -0.2) is 4.39 Å². The van der Waals surface area contributed by atoms with Gasteiger partial charge in [0.2, 0.25) is 5.91 Å². The first-order valence-corrected chi connectivity index (χ1v) is 9.18. The molecular weight excluding hydrogens is 365 g/mol. The number of fused-ring (bicyclic) bond motifs is 1. The molecule has 1 amide bonds. The Hall–Kier alpha value is -2.27. The van der Waals surface area contributed by atoms with Gasteiger partial charge in [0.05, 0.1) is 12.6 Å². The van der Waals surface area contributed by atoms with E-state index in [4.69, 9.17) is 5.73 Å². The first kappa shape index (κ1) is 21.0. The second kappa shape index (κ2) is 9.09. The molecule has 2 N–H and O–H groups in total. The first-order chi connectivity index (χ1) is 12.5. The molecule has 0 bridgehead atoms. The Bertz CT molecular complexity index is 781. The zero-order chi connectivity index (χ0) is 18.7. The van der Waals surface area contributed by atoms with Crippen LogP contribution in [-0.4, -0.2) is 30.4 Å². The maximum absolute atomic E-state index is 13.2. The van der Waals surface area contributed by atoms with Crippen molar-refractivity contribution < 1.29 is 9.18 Å². The highest BCUT2D eigenvalue weighted by molar-refractivity contribution is 5.85. The summed E-state index contributed by atoms with van der Waals surface area (Å²) in [5.41, 5.74) is 10.0. The van der Waals surface area contributed by atoms with Gasteiger partial charge >= 0.3 is 0 Å². The third-order valence-corrected chi connectivity index (χ3v) is 5.19. The Morgan fingerprint density at radius 2 is 1.96 bits per heavy atom.